The van der Waals surface area contributed by atoms with Gasteiger partial charge in [0.1, 0.15) is 36.2 Å². The fourth-order valence-electron chi connectivity index (χ4n) is 6.74. The number of allylic oxidation sites excluding steroid dienone is 1. The second kappa shape index (κ2) is 25.2. The maximum atomic E-state index is 13.8. The number of likely N-dealkylation sites (N-methyl/N-ethyl adjacent to an activating group) is 1. The van der Waals surface area contributed by atoms with Crippen LogP contribution in [0.4, 0.5) is 0 Å². The Morgan fingerprint density at radius 2 is 1.52 bits per heavy atom. The average molecular weight is 848 g/mol. The molecule has 1 aliphatic heterocycles. The molecular weight excluding hydrogens is 783 g/mol. The molecule has 0 aliphatic carbocycles. The smallest absolute Gasteiger partial charge is 0.329 e. The first-order valence-electron chi connectivity index (χ1n) is 21.2. The zero-order valence-corrected chi connectivity index (χ0v) is 36.3. The van der Waals surface area contributed by atoms with E-state index in [1.54, 1.807) is 58.0 Å². The Bertz CT molecular complexity index is 1810. The van der Waals surface area contributed by atoms with E-state index in [4.69, 9.17) is 4.74 Å². The van der Waals surface area contributed by atoms with Gasteiger partial charge in [-0.05, 0) is 66.5 Å². The lowest BCUT2D eigenvalue weighted by atomic mass is 9.97. The largest absolute Gasteiger partial charge is 0.508 e. The van der Waals surface area contributed by atoms with Crippen LogP contribution in [0, 0.1) is 11.8 Å². The van der Waals surface area contributed by atoms with E-state index in [-0.39, 0.29) is 42.6 Å². The van der Waals surface area contributed by atoms with Gasteiger partial charge in [-0.1, -0.05) is 96.4 Å². The molecule has 334 valence electrons. The molecule has 6 unspecified atom stereocenters. The molecule has 2 aromatic carbocycles. The molecule has 0 aromatic heterocycles. The zero-order chi connectivity index (χ0) is 45.1. The van der Waals surface area contributed by atoms with E-state index in [0.717, 1.165) is 38.2 Å². The number of hydrogen-bond donors (Lipinski definition) is 7. The van der Waals surface area contributed by atoms with Crippen LogP contribution >= 0.6 is 0 Å². The van der Waals surface area contributed by atoms with E-state index < -0.39 is 84.9 Å². The Hall–Kier alpha value is -5.70. The summed E-state index contributed by atoms with van der Waals surface area (Å²) in [6.07, 6.45) is 9.99. The van der Waals surface area contributed by atoms with E-state index in [9.17, 15) is 44.1 Å². The highest BCUT2D eigenvalue weighted by Crippen LogP contribution is 2.18. The van der Waals surface area contributed by atoms with Gasteiger partial charge in [-0.2, -0.15) is 0 Å². The monoisotopic (exact) mass is 847 g/mol. The van der Waals surface area contributed by atoms with E-state index in [2.05, 4.69) is 28.2 Å². The molecular formula is C46H65N5O10. The van der Waals surface area contributed by atoms with Crippen LogP contribution < -0.4 is 21.3 Å². The lowest BCUT2D eigenvalue weighted by Gasteiger charge is -2.32. The fraction of sp³-hybridized carbons (Fsp3) is 0.522. The number of benzene rings is 2. The summed E-state index contributed by atoms with van der Waals surface area (Å²) in [6.45, 7) is 8.65. The highest BCUT2D eigenvalue weighted by atomic mass is 16.5. The summed E-state index contributed by atoms with van der Waals surface area (Å²) in [5.41, 5.74) is 1.34. The van der Waals surface area contributed by atoms with Crippen molar-refractivity contribution in [2.45, 2.75) is 129 Å². The molecule has 2 aromatic rings. The number of aliphatic hydroxyl groups is 1. The summed E-state index contributed by atoms with van der Waals surface area (Å²) in [6, 6.07) is 7.30. The minimum absolute atomic E-state index is 0.0278. The molecule has 61 heavy (non-hydrogen) atoms. The Morgan fingerprint density at radius 1 is 0.885 bits per heavy atom. The number of carbonyl (C=O) groups excluding carboxylic acids is 6. The molecule has 6 atom stereocenters. The Kier molecular flexibility index (Phi) is 20.5. The van der Waals surface area contributed by atoms with Crippen LogP contribution in [-0.2, 0) is 46.3 Å². The van der Waals surface area contributed by atoms with Crippen molar-refractivity contribution in [3.8, 4) is 11.5 Å². The molecule has 0 saturated carbocycles. The maximum absolute atomic E-state index is 13.8. The SMILES string of the molecule is CCCCCCC=CCC(=O)NC(Cc1ccc(O)cc1)C(O)CC(=O)NC(C(=O)NC1C=CC(=O)NC(C(C)C)C(=O)N(C)C(Cc2ccc(O)cc2)C(=O)OC1)C(C)C. The highest BCUT2D eigenvalue weighted by Gasteiger charge is 2.36. The molecule has 0 saturated heterocycles. The number of hydrogen-bond acceptors (Lipinski definition) is 10. The van der Waals surface area contributed by atoms with Gasteiger partial charge in [0.15, 0.2) is 0 Å². The van der Waals surface area contributed by atoms with Crippen molar-refractivity contribution in [2.75, 3.05) is 13.7 Å². The van der Waals surface area contributed by atoms with Crippen LogP contribution in [0.1, 0.15) is 90.7 Å². The number of nitrogens with one attached hydrogen (secondary N) is 4. The first-order valence-corrected chi connectivity index (χ1v) is 21.2. The van der Waals surface area contributed by atoms with Gasteiger partial charge in [-0.3, -0.25) is 24.0 Å². The Labute approximate surface area is 359 Å². The first kappa shape index (κ1) is 49.7. The number of carbonyl (C=O) groups is 6. The summed E-state index contributed by atoms with van der Waals surface area (Å²) in [4.78, 5) is 81.8. The van der Waals surface area contributed by atoms with Crippen molar-refractivity contribution in [1.29, 1.82) is 0 Å². The highest BCUT2D eigenvalue weighted by molar-refractivity contribution is 5.95. The lowest BCUT2D eigenvalue weighted by molar-refractivity contribution is -0.156. The van der Waals surface area contributed by atoms with Crippen LogP contribution in [0.3, 0.4) is 0 Å². The summed E-state index contributed by atoms with van der Waals surface area (Å²) >= 11 is 0. The molecule has 5 amide bonds. The second-order valence-electron chi connectivity index (χ2n) is 16.3. The standard InChI is InChI=1S/C46H65N5O10/c1-7-8-9-10-11-12-13-14-39(55)48-36(25-31-15-20-34(52)21-16-31)38(54)27-41(57)50-42(29(2)3)44(58)47-33-19-24-40(56)49-43(30(4)5)45(59)51(6)37(46(60)61-28-33)26-32-17-22-35(53)23-18-32/h12-13,15-24,29-30,33,36-38,42-43,52-54H,7-11,14,25-28H2,1-6H3,(H,47,58)(H,48,55)(H,49,56)(H,50,57). The summed E-state index contributed by atoms with van der Waals surface area (Å²) < 4.78 is 5.67. The molecule has 3 rings (SSSR count). The maximum Gasteiger partial charge on any atom is 0.329 e. The molecule has 0 bridgehead atoms. The number of cyclic esters (lactones) is 1. The van der Waals surface area contributed by atoms with E-state index in [0.29, 0.717) is 11.1 Å². The Morgan fingerprint density at radius 3 is 2.13 bits per heavy atom. The van der Waals surface area contributed by atoms with Gasteiger partial charge in [0.05, 0.1) is 24.6 Å². The molecule has 0 radical (unpaired) electrons. The number of phenols is 2. The molecule has 0 fully saturated rings. The van der Waals surface area contributed by atoms with Crippen molar-refractivity contribution in [2.24, 2.45) is 11.8 Å². The molecule has 15 nitrogen and oxygen atoms in total. The van der Waals surface area contributed by atoms with Crippen LogP contribution in [0.2, 0.25) is 0 Å². The van der Waals surface area contributed by atoms with Gasteiger partial charge in [0.25, 0.3) is 0 Å². The number of aromatic hydroxyl groups is 2. The van der Waals surface area contributed by atoms with Crippen molar-refractivity contribution in [3.63, 3.8) is 0 Å². The van der Waals surface area contributed by atoms with Crippen LogP contribution in [0.15, 0.2) is 72.8 Å². The third-order valence-electron chi connectivity index (χ3n) is 10.5. The van der Waals surface area contributed by atoms with Gasteiger partial charge in [0, 0.05) is 26.0 Å². The van der Waals surface area contributed by atoms with E-state index >= 15 is 0 Å². The van der Waals surface area contributed by atoms with Crippen molar-refractivity contribution in [3.05, 3.63) is 84.0 Å². The number of phenolic OH excluding ortho intramolecular Hbond substituents is 2. The predicted octanol–water partition coefficient (Wildman–Crippen LogP) is 3.74. The van der Waals surface area contributed by atoms with Gasteiger partial charge in [-0.15, -0.1) is 0 Å². The number of aliphatic hydroxyl groups excluding tert-OH is 1. The minimum atomic E-state index is -1.35. The van der Waals surface area contributed by atoms with Gasteiger partial charge in [0.2, 0.25) is 29.5 Å². The number of unbranched alkanes of at least 4 members (excludes halogenated alkanes) is 4. The minimum Gasteiger partial charge on any atom is -0.508 e. The Balaban J connectivity index is 1.75. The third kappa shape index (κ3) is 17.1. The van der Waals surface area contributed by atoms with Gasteiger partial charge >= 0.3 is 5.97 Å². The third-order valence-corrected chi connectivity index (χ3v) is 10.5. The molecule has 1 heterocycles. The average Bonchev–Trinajstić information content (AvgIpc) is 3.21. The van der Waals surface area contributed by atoms with Gasteiger partial charge in [-0.25, -0.2) is 4.79 Å². The van der Waals surface area contributed by atoms with E-state index in [1.807, 2.05) is 6.08 Å². The second-order valence-corrected chi connectivity index (χ2v) is 16.3. The van der Waals surface area contributed by atoms with Crippen LogP contribution in [0.25, 0.3) is 0 Å². The molecule has 1 aliphatic rings. The summed E-state index contributed by atoms with van der Waals surface area (Å²) in [5, 5.41) is 41.8. The topological polar surface area (TPSA) is 224 Å². The summed E-state index contributed by atoms with van der Waals surface area (Å²) in [7, 11) is 1.45. The number of amides is 5. The molecule has 15 heteroatoms. The number of nitrogens with zero attached hydrogens (tertiary/aromatic N) is 1. The normalized spacial score (nSPS) is 19.1. The van der Waals surface area contributed by atoms with Crippen molar-refractivity contribution >= 4 is 35.5 Å². The van der Waals surface area contributed by atoms with E-state index in [1.165, 1.54) is 42.3 Å². The van der Waals surface area contributed by atoms with Crippen LogP contribution in [0.5, 0.6) is 11.5 Å². The predicted molar refractivity (Wildman–Crippen MR) is 231 cm³/mol. The number of rotatable bonds is 20. The molecule has 7 N–H and O–H groups in total. The fourth-order valence-corrected chi connectivity index (χ4v) is 6.74. The van der Waals surface area contributed by atoms with Crippen molar-refractivity contribution in [1.82, 2.24) is 26.2 Å². The lowest BCUT2D eigenvalue weighted by Crippen LogP contribution is -2.56. The van der Waals surface area contributed by atoms with Crippen molar-refractivity contribution < 1.29 is 48.8 Å². The summed E-state index contributed by atoms with van der Waals surface area (Å²) in [5.74, 6) is -4.26. The van der Waals surface area contributed by atoms with Gasteiger partial charge < -0.3 is 46.2 Å². The first-order chi connectivity index (χ1) is 29.0. The quantitative estimate of drug-likeness (QED) is 0.0581. The number of esters is 1. The molecule has 0 spiro atoms. The van der Waals surface area contributed by atoms with Crippen LogP contribution in [-0.4, -0.2) is 106 Å². The zero-order valence-electron chi connectivity index (χ0n) is 36.3. The number of ether oxygens (including phenoxy) is 1.